The predicted molar refractivity (Wildman–Crippen MR) is 89.3 cm³/mol. The van der Waals surface area contributed by atoms with Crippen LogP contribution in [0.1, 0.15) is 15.9 Å². The zero-order valence-electron chi connectivity index (χ0n) is 12.3. The first kappa shape index (κ1) is 15.2. The molecule has 2 aromatic carbocycles. The van der Waals surface area contributed by atoms with Crippen LogP contribution in [0.4, 0.5) is 17.1 Å². The number of aryl methyl sites for hydroxylation is 1. The third kappa shape index (κ3) is 3.67. The predicted octanol–water partition coefficient (Wildman–Crippen LogP) is 3.55. The zero-order valence-corrected chi connectivity index (χ0v) is 13.0. The van der Waals surface area contributed by atoms with Gasteiger partial charge in [-0.15, -0.1) is 0 Å². The topological polar surface area (TPSA) is 58.4 Å². The zero-order chi connectivity index (χ0) is 15.6. The van der Waals surface area contributed by atoms with Gasteiger partial charge in [-0.2, -0.15) is 0 Å². The Labute approximate surface area is 129 Å². The highest BCUT2D eigenvalue weighted by Crippen LogP contribution is 2.23. The van der Waals surface area contributed by atoms with Gasteiger partial charge in [-0.3, -0.25) is 4.79 Å². The number of halogens is 1. The molecule has 21 heavy (non-hydrogen) atoms. The van der Waals surface area contributed by atoms with E-state index in [1.54, 1.807) is 18.2 Å². The van der Waals surface area contributed by atoms with Crippen molar-refractivity contribution in [3.05, 3.63) is 52.5 Å². The fourth-order valence-electron chi connectivity index (χ4n) is 2.00. The highest BCUT2D eigenvalue weighted by molar-refractivity contribution is 6.31. The van der Waals surface area contributed by atoms with Crippen molar-refractivity contribution in [1.82, 2.24) is 0 Å². The molecule has 0 aliphatic heterocycles. The monoisotopic (exact) mass is 303 g/mol. The summed E-state index contributed by atoms with van der Waals surface area (Å²) in [6.45, 7) is 1.95. The number of carbonyl (C=O) groups is 1. The van der Waals surface area contributed by atoms with E-state index in [2.05, 4.69) is 5.32 Å². The number of nitrogens with zero attached hydrogens (tertiary/aromatic N) is 1. The molecular weight excluding hydrogens is 286 g/mol. The van der Waals surface area contributed by atoms with Gasteiger partial charge >= 0.3 is 0 Å². The van der Waals surface area contributed by atoms with Crippen molar-refractivity contribution >= 4 is 34.6 Å². The van der Waals surface area contributed by atoms with Crippen LogP contribution in [0.5, 0.6) is 0 Å². The molecule has 0 radical (unpaired) electrons. The lowest BCUT2D eigenvalue weighted by molar-refractivity contribution is 0.102. The molecule has 0 atom stereocenters. The van der Waals surface area contributed by atoms with E-state index < -0.39 is 0 Å². The van der Waals surface area contributed by atoms with Gasteiger partial charge in [0.1, 0.15) is 0 Å². The van der Waals surface area contributed by atoms with Gasteiger partial charge in [0.15, 0.2) is 0 Å². The lowest BCUT2D eigenvalue weighted by Crippen LogP contribution is -2.14. The van der Waals surface area contributed by atoms with Gasteiger partial charge in [0.25, 0.3) is 5.91 Å². The summed E-state index contributed by atoms with van der Waals surface area (Å²) in [4.78, 5) is 14.3. The smallest absolute Gasteiger partial charge is 0.255 e. The van der Waals surface area contributed by atoms with Gasteiger partial charge in [-0.05, 0) is 48.9 Å². The number of nitrogen functional groups attached to an aromatic ring is 1. The lowest BCUT2D eigenvalue weighted by atomic mass is 10.1. The Morgan fingerprint density at radius 1 is 1.19 bits per heavy atom. The molecule has 2 aromatic rings. The minimum absolute atomic E-state index is 0.232. The van der Waals surface area contributed by atoms with Gasteiger partial charge in [-0.1, -0.05) is 11.6 Å². The van der Waals surface area contributed by atoms with Crippen molar-refractivity contribution in [2.45, 2.75) is 6.92 Å². The molecule has 2 rings (SSSR count). The van der Waals surface area contributed by atoms with Crippen LogP contribution < -0.4 is 16.0 Å². The molecule has 0 unspecified atom stereocenters. The molecule has 0 saturated heterocycles. The largest absolute Gasteiger partial charge is 0.399 e. The Bertz CT molecular complexity index is 663. The molecule has 3 N–H and O–H groups in total. The molecule has 110 valence electrons. The minimum atomic E-state index is -0.232. The van der Waals surface area contributed by atoms with Crippen LogP contribution in [-0.4, -0.2) is 20.0 Å². The summed E-state index contributed by atoms with van der Waals surface area (Å²) >= 11 is 5.92. The Kier molecular flexibility index (Phi) is 4.38. The number of hydrogen-bond donors (Lipinski definition) is 2. The number of carbonyl (C=O) groups excluding carboxylic acids is 1. The summed E-state index contributed by atoms with van der Waals surface area (Å²) in [6.07, 6.45) is 0. The first-order chi connectivity index (χ1) is 9.86. The quantitative estimate of drug-likeness (QED) is 0.853. The van der Waals surface area contributed by atoms with Crippen molar-refractivity contribution in [3.8, 4) is 0 Å². The molecular formula is C16H18ClN3O. The van der Waals surface area contributed by atoms with E-state index in [1.165, 1.54) is 0 Å². The highest BCUT2D eigenvalue weighted by atomic mass is 35.5. The molecule has 1 amide bonds. The molecule has 0 fully saturated rings. The maximum Gasteiger partial charge on any atom is 0.255 e. The molecule has 0 bridgehead atoms. The second kappa shape index (κ2) is 6.06. The maximum atomic E-state index is 12.3. The van der Waals surface area contributed by atoms with E-state index in [9.17, 15) is 4.79 Å². The van der Waals surface area contributed by atoms with Crippen molar-refractivity contribution < 1.29 is 4.79 Å². The minimum Gasteiger partial charge on any atom is -0.399 e. The van der Waals surface area contributed by atoms with Crippen LogP contribution >= 0.6 is 11.6 Å². The molecule has 0 spiro atoms. The van der Waals surface area contributed by atoms with Crippen molar-refractivity contribution in [1.29, 1.82) is 0 Å². The van der Waals surface area contributed by atoms with Crippen LogP contribution in [0.15, 0.2) is 36.4 Å². The summed E-state index contributed by atoms with van der Waals surface area (Å²) in [5.74, 6) is -0.232. The average Bonchev–Trinajstić information content (AvgIpc) is 2.39. The van der Waals surface area contributed by atoms with Crippen LogP contribution in [0.2, 0.25) is 5.02 Å². The van der Waals surface area contributed by atoms with Gasteiger partial charge in [0, 0.05) is 41.7 Å². The Morgan fingerprint density at radius 2 is 1.90 bits per heavy atom. The van der Waals surface area contributed by atoms with E-state index in [-0.39, 0.29) is 5.91 Å². The first-order valence-electron chi connectivity index (χ1n) is 6.52. The highest BCUT2D eigenvalue weighted by Gasteiger charge is 2.10. The summed E-state index contributed by atoms with van der Waals surface area (Å²) in [6, 6.07) is 10.7. The van der Waals surface area contributed by atoms with Crippen molar-refractivity contribution in [2.24, 2.45) is 0 Å². The normalized spacial score (nSPS) is 10.3. The first-order valence-corrected chi connectivity index (χ1v) is 6.90. The fraction of sp³-hybridized carbons (Fsp3) is 0.188. The number of nitrogens with two attached hydrogens (primary N) is 1. The van der Waals surface area contributed by atoms with E-state index in [1.807, 2.05) is 44.1 Å². The molecule has 0 heterocycles. The maximum absolute atomic E-state index is 12.3. The summed E-state index contributed by atoms with van der Waals surface area (Å²) < 4.78 is 0. The molecule has 4 nitrogen and oxygen atoms in total. The second-order valence-electron chi connectivity index (χ2n) is 5.12. The Morgan fingerprint density at radius 3 is 2.48 bits per heavy atom. The number of nitrogens with one attached hydrogen (secondary N) is 1. The van der Waals surface area contributed by atoms with Crippen LogP contribution in [-0.2, 0) is 0 Å². The average molecular weight is 304 g/mol. The molecule has 0 aliphatic carbocycles. The molecule has 0 aromatic heterocycles. The summed E-state index contributed by atoms with van der Waals surface area (Å²) in [5, 5.41) is 3.32. The van der Waals surface area contributed by atoms with Crippen molar-refractivity contribution in [2.75, 3.05) is 30.0 Å². The van der Waals surface area contributed by atoms with Crippen LogP contribution in [0.25, 0.3) is 0 Å². The van der Waals surface area contributed by atoms with E-state index >= 15 is 0 Å². The summed E-state index contributed by atoms with van der Waals surface area (Å²) in [7, 11) is 3.95. The van der Waals surface area contributed by atoms with Gasteiger partial charge < -0.3 is 16.0 Å². The SMILES string of the molecule is Cc1cc(N(C)C)ccc1NC(=O)c1cc(N)cc(Cl)c1. The standard InChI is InChI=1S/C16H18ClN3O/c1-10-6-14(20(2)3)4-5-15(10)19-16(21)11-7-12(17)9-13(18)8-11/h4-9H,18H2,1-3H3,(H,19,21). The fourth-order valence-corrected chi connectivity index (χ4v) is 2.25. The lowest BCUT2D eigenvalue weighted by Gasteiger charge is -2.15. The second-order valence-corrected chi connectivity index (χ2v) is 5.56. The number of anilines is 3. The molecule has 0 aliphatic rings. The van der Waals surface area contributed by atoms with E-state index in [0.717, 1.165) is 16.9 Å². The number of benzene rings is 2. The summed E-state index contributed by atoms with van der Waals surface area (Å²) in [5.41, 5.74) is 9.45. The third-order valence-corrected chi connectivity index (χ3v) is 3.38. The van der Waals surface area contributed by atoms with Gasteiger partial charge in [0.05, 0.1) is 0 Å². The number of rotatable bonds is 3. The van der Waals surface area contributed by atoms with Gasteiger partial charge in [0.2, 0.25) is 0 Å². The number of hydrogen-bond acceptors (Lipinski definition) is 3. The van der Waals surface area contributed by atoms with E-state index in [4.69, 9.17) is 17.3 Å². The molecule has 5 heteroatoms. The Hall–Kier alpha value is -2.20. The third-order valence-electron chi connectivity index (χ3n) is 3.16. The van der Waals surface area contributed by atoms with Gasteiger partial charge in [-0.25, -0.2) is 0 Å². The number of amides is 1. The van der Waals surface area contributed by atoms with Crippen LogP contribution in [0, 0.1) is 6.92 Å². The molecule has 0 saturated carbocycles. The van der Waals surface area contributed by atoms with E-state index in [0.29, 0.717) is 16.3 Å². The van der Waals surface area contributed by atoms with Crippen molar-refractivity contribution in [3.63, 3.8) is 0 Å². The van der Waals surface area contributed by atoms with Crippen LogP contribution in [0.3, 0.4) is 0 Å². The Balaban J connectivity index is 2.23.